The van der Waals surface area contributed by atoms with E-state index >= 15 is 0 Å². The molecule has 0 amide bonds. The third-order valence-electron chi connectivity index (χ3n) is 3.73. The molecule has 21 heavy (non-hydrogen) atoms. The summed E-state index contributed by atoms with van der Waals surface area (Å²) in [5.74, 6) is 5.97. The third kappa shape index (κ3) is 2.89. The van der Waals surface area contributed by atoms with E-state index in [0.29, 0.717) is 0 Å². The molecular formula is C18H18N2O. The van der Waals surface area contributed by atoms with Crippen LogP contribution in [0.3, 0.4) is 0 Å². The van der Waals surface area contributed by atoms with Gasteiger partial charge in [0.05, 0.1) is 18.6 Å². The van der Waals surface area contributed by atoms with E-state index in [-0.39, 0.29) is 12.0 Å². The van der Waals surface area contributed by atoms with Gasteiger partial charge in [-0.2, -0.15) is 0 Å². The first kappa shape index (κ1) is 13.6. The first-order valence-electron chi connectivity index (χ1n) is 6.98. The summed E-state index contributed by atoms with van der Waals surface area (Å²) in [6, 6.07) is 22.7. The molecule has 1 aromatic heterocycles. The average molecular weight is 278 g/mol. The van der Waals surface area contributed by atoms with Crippen LogP contribution in [0.15, 0.2) is 83.7 Å². The lowest BCUT2D eigenvalue weighted by Gasteiger charge is -2.27. The second kappa shape index (κ2) is 6.39. The zero-order valence-corrected chi connectivity index (χ0v) is 11.6. The minimum atomic E-state index is -0.0476. The summed E-state index contributed by atoms with van der Waals surface area (Å²) >= 11 is 0. The normalized spacial score (nSPS) is 12.5. The zero-order chi connectivity index (χ0) is 14.5. The van der Waals surface area contributed by atoms with Crippen LogP contribution in [0.25, 0.3) is 0 Å². The Morgan fingerprint density at radius 3 is 1.76 bits per heavy atom. The van der Waals surface area contributed by atoms with Gasteiger partial charge in [0, 0.05) is 11.5 Å². The molecule has 3 heteroatoms. The highest BCUT2D eigenvalue weighted by Crippen LogP contribution is 2.36. The second-order valence-corrected chi connectivity index (χ2v) is 5.00. The quantitative estimate of drug-likeness (QED) is 0.553. The van der Waals surface area contributed by atoms with Crippen molar-refractivity contribution in [1.29, 1.82) is 0 Å². The highest BCUT2D eigenvalue weighted by molar-refractivity contribution is 5.37. The van der Waals surface area contributed by atoms with Crippen LogP contribution >= 0.6 is 0 Å². The fourth-order valence-corrected chi connectivity index (χ4v) is 2.73. The van der Waals surface area contributed by atoms with Gasteiger partial charge in [-0.25, -0.2) is 0 Å². The molecule has 3 aromatic rings. The van der Waals surface area contributed by atoms with Gasteiger partial charge in [-0.15, -0.1) is 0 Å². The largest absolute Gasteiger partial charge is 0.472 e. The molecule has 0 aliphatic carbocycles. The summed E-state index contributed by atoms with van der Waals surface area (Å²) in [6.45, 7) is 0. The lowest BCUT2D eigenvalue weighted by molar-refractivity contribution is 0.487. The molecule has 0 saturated heterocycles. The Labute approximate surface area is 124 Å². The van der Waals surface area contributed by atoms with E-state index in [2.05, 4.69) is 29.7 Å². The van der Waals surface area contributed by atoms with Crippen molar-refractivity contribution in [2.24, 2.45) is 5.84 Å². The molecule has 0 saturated carbocycles. The van der Waals surface area contributed by atoms with Gasteiger partial charge < -0.3 is 4.42 Å². The summed E-state index contributed by atoms with van der Waals surface area (Å²) in [5.41, 5.74) is 6.41. The lowest BCUT2D eigenvalue weighted by Crippen LogP contribution is -2.32. The molecule has 3 N–H and O–H groups in total. The average Bonchev–Trinajstić information content (AvgIpc) is 3.08. The number of benzene rings is 2. The maximum absolute atomic E-state index is 5.85. The van der Waals surface area contributed by atoms with Crippen molar-refractivity contribution in [3.05, 3.63) is 95.9 Å². The fourth-order valence-electron chi connectivity index (χ4n) is 2.73. The first-order valence-corrected chi connectivity index (χ1v) is 6.98. The summed E-state index contributed by atoms with van der Waals surface area (Å²) in [7, 11) is 0. The number of hydrazine groups is 1. The van der Waals surface area contributed by atoms with Crippen molar-refractivity contribution in [2.45, 2.75) is 12.0 Å². The van der Waals surface area contributed by atoms with Gasteiger partial charge in [-0.3, -0.25) is 11.3 Å². The number of hydrogen-bond acceptors (Lipinski definition) is 3. The monoisotopic (exact) mass is 278 g/mol. The molecule has 1 atom stereocenters. The van der Waals surface area contributed by atoms with Gasteiger partial charge >= 0.3 is 0 Å². The van der Waals surface area contributed by atoms with Gasteiger partial charge in [0.2, 0.25) is 0 Å². The predicted octanol–water partition coefficient (Wildman–Crippen LogP) is 3.62. The highest BCUT2D eigenvalue weighted by atomic mass is 16.3. The van der Waals surface area contributed by atoms with Crippen LogP contribution in [-0.2, 0) is 0 Å². The van der Waals surface area contributed by atoms with E-state index in [1.54, 1.807) is 12.5 Å². The third-order valence-corrected chi connectivity index (χ3v) is 3.73. The minimum Gasteiger partial charge on any atom is -0.472 e. The van der Waals surface area contributed by atoms with Gasteiger partial charge in [-0.05, 0) is 17.2 Å². The van der Waals surface area contributed by atoms with Crippen molar-refractivity contribution in [3.8, 4) is 0 Å². The fraction of sp³-hybridized carbons (Fsp3) is 0.111. The standard InChI is InChI=1S/C18H18N2O/c19-20-18(16-11-12-21-13-16)17(14-7-3-1-4-8-14)15-9-5-2-6-10-15/h1-13,17-18,20H,19H2. The number of nitrogens with one attached hydrogen (secondary N) is 1. The highest BCUT2D eigenvalue weighted by Gasteiger charge is 2.26. The molecule has 0 fully saturated rings. The Balaban J connectivity index is 2.08. The predicted molar refractivity (Wildman–Crippen MR) is 83.5 cm³/mol. The van der Waals surface area contributed by atoms with Gasteiger partial charge in [-0.1, -0.05) is 60.7 Å². The molecule has 0 bridgehead atoms. The van der Waals surface area contributed by atoms with E-state index in [1.807, 2.05) is 42.5 Å². The van der Waals surface area contributed by atoms with E-state index in [9.17, 15) is 0 Å². The molecule has 0 radical (unpaired) electrons. The Kier molecular flexibility index (Phi) is 4.15. The number of hydrogen-bond donors (Lipinski definition) is 2. The molecule has 106 valence electrons. The van der Waals surface area contributed by atoms with Crippen LogP contribution in [0.2, 0.25) is 0 Å². The summed E-state index contributed by atoms with van der Waals surface area (Å²) < 4.78 is 5.22. The lowest BCUT2D eigenvalue weighted by atomic mass is 9.83. The van der Waals surface area contributed by atoms with Crippen molar-refractivity contribution < 1.29 is 4.42 Å². The molecule has 1 heterocycles. The topological polar surface area (TPSA) is 51.2 Å². The molecule has 3 rings (SSSR count). The van der Waals surface area contributed by atoms with Crippen LogP contribution in [0.1, 0.15) is 28.7 Å². The number of nitrogens with two attached hydrogens (primary N) is 1. The number of furan rings is 1. The second-order valence-electron chi connectivity index (χ2n) is 5.00. The van der Waals surface area contributed by atoms with Crippen LogP contribution in [0.4, 0.5) is 0 Å². The van der Waals surface area contributed by atoms with Crippen LogP contribution in [-0.4, -0.2) is 0 Å². The van der Waals surface area contributed by atoms with Crippen molar-refractivity contribution >= 4 is 0 Å². The smallest absolute Gasteiger partial charge is 0.0951 e. The maximum atomic E-state index is 5.85. The van der Waals surface area contributed by atoms with Crippen molar-refractivity contribution in [2.75, 3.05) is 0 Å². The van der Waals surface area contributed by atoms with Crippen molar-refractivity contribution in [1.82, 2.24) is 5.43 Å². The van der Waals surface area contributed by atoms with Gasteiger partial charge in [0.1, 0.15) is 0 Å². The zero-order valence-electron chi connectivity index (χ0n) is 11.6. The minimum absolute atomic E-state index is 0.0476. The first-order chi connectivity index (χ1) is 10.4. The molecule has 0 aliphatic rings. The number of rotatable bonds is 5. The Hall–Kier alpha value is -2.36. The molecular weight excluding hydrogens is 260 g/mol. The van der Waals surface area contributed by atoms with E-state index < -0.39 is 0 Å². The Morgan fingerprint density at radius 1 is 0.762 bits per heavy atom. The molecule has 0 aliphatic heterocycles. The molecule has 1 unspecified atom stereocenters. The van der Waals surface area contributed by atoms with Crippen LogP contribution < -0.4 is 11.3 Å². The van der Waals surface area contributed by atoms with Crippen LogP contribution in [0, 0.1) is 0 Å². The Bertz CT molecular complexity index is 611. The van der Waals surface area contributed by atoms with E-state index in [1.165, 1.54) is 11.1 Å². The SMILES string of the molecule is NNC(c1ccoc1)C(c1ccccc1)c1ccccc1. The van der Waals surface area contributed by atoms with Crippen molar-refractivity contribution in [3.63, 3.8) is 0 Å². The summed E-state index contributed by atoms with van der Waals surface area (Å²) in [6.07, 6.45) is 3.41. The summed E-state index contributed by atoms with van der Waals surface area (Å²) in [4.78, 5) is 0. The van der Waals surface area contributed by atoms with Gasteiger partial charge in [0.15, 0.2) is 0 Å². The Morgan fingerprint density at radius 2 is 1.33 bits per heavy atom. The van der Waals surface area contributed by atoms with E-state index in [4.69, 9.17) is 10.3 Å². The molecule has 0 spiro atoms. The maximum Gasteiger partial charge on any atom is 0.0951 e. The van der Waals surface area contributed by atoms with Crippen LogP contribution in [0.5, 0.6) is 0 Å². The molecule has 2 aromatic carbocycles. The van der Waals surface area contributed by atoms with E-state index in [0.717, 1.165) is 5.56 Å². The van der Waals surface area contributed by atoms with Gasteiger partial charge in [0.25, 0.3) is 0 Å². The summed E-state index contributed by atoms with van der Waals surface area (Å²) in [5, 5.41) is 0. The molecule has 3 nitrogen and oxygen atoms in total.